The van der Waals surface area contributed by atoms with Crippen LogP contribution in [0.2, 0.25) is 5.02 Å². The summed E-state index contributed by atoms with van der Waals surface area (Å²) in [5.41, 5.74) is 7.32. The van der Waals surface area contributed by atoms with E-state index in [9.17, 15) is 14.9 Å². The molecule has 188 valence electrons. The molecule has 10 heteroatoms. The second kappa shape index (κ2) is 12.0. The number of ether oxygens (including phenoxy) is 4. The Morgan fingerprint density at radius 2 is 1.83 bits per heavy atom. The van der Waals surface area contributed by atoms with Crippen LogP contribution < -0.4 is 20.5 Å². The molecule has 2 aromatic carbocycles. The number of amides is 1. The molecule has 1 atom stereocenters. The third-order valence-corrected chi connectivity index (χ3v) is 5.44. The molecule has 2 aromatic rings. The summed E-state index contributed by atoms with van der Waals surface area (Å²) in [6.45, 7) is 5.25. The zero-order chi connectivity index (χ0) is 26.2. The van der Waals surface area contributed by atoms with Crippen LogP contribution in [0.1, 0.15) is 32.3 Å². The molecule has 1 unspecified atom stereocenters. The Labute approximate surface area is 214 Å². The Kier molecular flexibility index (Phi) is 8.81. The first-order valence-corrected chi connectivity index (χ1v) is 11.6. The summed E-state index contributed by atoms with van der Waals surface area (Å²) in [5, 5.41) is 13.0. The Balaban J connectivity index is 1.88. The Bertz CT molecular complexity index is 1250. The molecule has 3 N–H and O–H groups in total. The van der Waals surface area contributed by atoms with Crippen molar-refractivity contribution in [1.82, 2.24) is 0 Å². The highest BCUT2D eigenvalue weighted by atomic mass is 35.5. The molecule has 0 bridgehead atoms. The van der Waals surface area contributed by atoms with Crippen LogP contribution in [0.15, 0.2) is 65.3 Å². The minimum atomic E-state index is -0.829. The van der Waals surface area contributed by atoms with E-state index in [1.807, 2.05) is 6.07 Å². The minimum absolute atomic E-state index is 0.0714. The van der Waals surface area contributed by atoms with Gasteiger partial charge in [-0.25, -0.2) is 4.79 Å². The number of anilines is 1. The zero-order valence-corrected chi connectivity index (χ0v) is 20.8. The largest absolute Gasteiger partial charge is 0.490 e. The molecule has 0 radical (unpaired) electrons. The van der Waals surface area contributed by atoms with Crippen molar-refractivity contribution in [2.75, 3.05) is 25.1 Å². The number of nitrogens with two attached hydrogens (primary N) is 1. The number of allylic oxidation sites excluding steroid dienone is 2. The number of halogens is 1. The van der Waals surface area contributed by atoms with Crippen LogP contribution in [0.4, 0.5) is 5.69 Å². The first kappa shape index (κ1) is 26.4. The summed E-state index contributed by atoms with van der Waals surface area (Å²) < 4.78 is 22.1. The first-order chi connectivity index (χ1) is 17.3. The van der Waals surface area contributed by atoms with Crippen LogP contribution >= 0.6 is 11.6 Å². The lowest BCUT2D eigenvalue weighted by atomic mass is 9.83. The molecule has 1 aliphatic rings. The molecular weight excluding hydrogens is 486 g/mol. The van der Waals surface area contributed by atoms with Gasteiger partial charge in [0.2, 0.25) is 5.88 Å². The van der Waals surface area contributed by atoms with Gasteiger partial charge in [-0.15, -0.1) is 0 Å². The minimum Gasteiger partial charge on any atom is -0.490 e. The van der Waals surface area contributed by atoms with E-state index in [-0.39, 0.29) is 41.9 Å². The maximum absolute atomic E-state index is 12.7. The summed E-state index contributed by atoms with van der Waals surface area (Å²) in [6.07, 6.45) is 0. The SMILES string of the molecule is CCOC(=O)C1=C(C)OC(N)=C(C#N)C1c1ccc(OCC(=O)Nc2ccc(Cl)cc2)c(OCC)c1. The molecule has 0 saturated heterocycles. The highest BCUT2D eigenvalue weighted by molar-refractivity contribution is 6.30. The van der Waals surface area contributed by atoms with E-state index < -0.39 is 11.9 Å². The van der Waals surface area contributed by atoms with Gasteiger partial charge in [0.1, 0.15) is 17.4 Å². The summed E-state index contributed by atoms with van der Waals surface area (Å²) >= 11 is 5.87. The van der Waals surface area contributed by atoms with Crippen molar-refractivity contribution >= 4 is 29.2 Å². The van der Waals surface area contributed by atoms with Gasteiger partial charge in [-0.05, 0) is 62.7 Å². The number of nitriles is 1. The molecule has 0 saturated carbocycles. The fourth-order valence-electron chi connectivity index (χ4n) is 3.65. The standard InChI is InChI=1S/C26H26ClN3O6/c1-4-33-21-12-16(24-19(13-28)25(29)36-15(3)23(24)26(32)34-5-2)6-11-20(21)35-14-22(31)30-18-9-7-17(27)8-10-18/h6-12,24H,4-5,14,29H2,1-3H3,(H,30,31). The number of carbonyl (C=O) groups excluding carboxylic acids is 2. The Morgan fingerprint density at radius 1 is 1.11 bits per heavy atom. The Morgan fingerprint density at radius 3 is 2.47 bits per heavy atom. The van der Waals surface area contributed by atoms with Gasteiger partial charge in [0.15, 0.2) is 18.1 Å². The number of hydrogen-bond acceptors (Lipinski definition) is 8. The molecule has 0 fully saturated rings. The van der Waals surface area contributed by atoms with Crippen LogP contribution in [-0.4, -0.2) is 31.7 Å². The molecular formula is C26H26ClN3O6. The monoisotopic (exact) mass is 511 g/mol. The van der Waals surface area contributed by atoms with Crippen molar-refractivity contribution < 1.29 is 28.5 Å². The van der Waals surface area contributed by atoms with Crippen molar-refractivity contribution in [2.24, 2.45) is 5.73 Å². The van der Waals surface area contributed by atoms with Gasteiger partial charge in [0, 0.05) is 10.7 Å². The van der Waals surface area contributed by atoms with Gasteiger partial charge in [-0.2, -0.15) is 5.26 Å². The average Bonchev–Trinajstić information content (AvgIpc) is 2.84. The third-order valence-electron chi connectivity index (χ3n) is 5.19. The van der Waals surface area contributed by atoms with E-state index in [0.29, 0.717) is 34.4 Å². The van der Waals surface area contributed by atoms with Gasteiger partial charge in [0.25, 0.3) is 5.91 Å². The maximum atomic E-state index is 12.7. The summed E-state index contributed by atoms with van der Waals surface area (Å²) in [7, 11) is 0. The zero-order valence-electron chi connectivity index (χ0n) is 20.1. The number of nitrogens with zero attached hydrogens (tertiary/aromatic N) is 1. The van der Waals surface area contributed by atoms with Crippen LogP contribution in [0, 0.1) is 11.3 Å². The predicted molar refractivity (Wildman–Crippen MR) is 133 cm³/mol. The average molecular weight is 512 g/mol. The highest BCUT2D eigenvalue weighted by Crippen LogP contribution is 2.42. The van der Waals surface area contributed by atoms with Crippen molar-refractivity contribution in [3.8, 4) is 17.6 Å². The van der Waals surface area contributed by atoms with E-state index in [0.717, 1.165) is 0 Å². The second-order valence-electron chi connectivity index (χ2n) is 7.60. The van der Waals surface area contributed by atoms with Crippen molar-refractivity contribution in [3.05, 3.63) is 75.8 Å². The van der Waals surface area contributed by atoms with Crippen LogP contribution in [0.3, 0.4) is 0 Å². The van der Waals surface area contributed by atoms with Crippen LogP contribution in [0.5, 0.6) is 11.5 Å². The van der Waals surface area contributed by atoms with Gasteiger partial charge >= 0.3 is 5.97 Å². The Hall–Kier alpha value is -4.16. The summed E-state index contributed by atoms with van der Waals surface area (Å²) in [4.78, 5) is 25.1. The molecule has 1 aliphatic heterocycles. The molecule has 0 aliphatic carbocycles. The number of rotatable bonds is 9. The lowest BCUT2D eigenvalue weighted by molar-refractivity contribution is -0.139. The fourth-order valence-corrected chi connectivity index (χ4v) is 3.78. The number of carbonyl (C=O) groups is 2. The normalized spacial score (nSPS) is 15.0. The summed E-state index contributed by atoms with van der Waals surface area (Å²) in [5.74, 6) is -1.02. The van der Waals surface area contributed by atoms with E-state index in [1.165, 1.54) is 0 Å². The molecule has 1 heterocycles. The molecule has 0 spiro atoms. The predicted octanol–water partition coefficient (Wildman–Crippen LogP) is 4.40. The fraction of sp³-hybridized carbons (Fsp3) is 0.269. The highest BCUT2D eigenvalue weighted by Gasteiger charge is 2.36. The van der Waals surface area contributed by atoms with Crippen molar-refractivity contribution in [1.29, 1.82) is 5.26 Å². The number of benzene rings is 2. The number of nitrogens with one attached hydrogen (secondary N) is 1. The van der Waals surface area contributed by atoms with Crippen LogP contribution in [0.25, 0.3) is 0 Å². The topological polar surface area (TPSA) is 133 Å². The molecule has 9 nitrogen and oxygen atoms in total. The third kappa shape index (κ3) is 6.09. The van der Waals surface area contributed by atoms with E-state index >= 15 is 0 Å². The van der Waals surface area contributed by atoms with Gasteiger partial charge in [0.05, 0.1) is 24.7 Å². The molecule has 1 amide bonds. The van der Waals surface area contributed by atoms with E-state index in [2.05, 4.69) is 5.32 Å². The van der Waals surface area contributed by atoms with Crippen molar-refractivity contribution in [3.63, 3.8) is 0 Å². The lowest BCUT2D eigenvalue weighted by Gasteiger charge is -2.27. The van der Waals surface area contributed by atoms with E-state index in [1.54, 1.807) is 63.2 Å². The van der Waals surface area contributed by atoms with Crippen LogP contribution in [-0.2, 0) is 19.1 Å². The van der Waals surface area contributed by atoms with Gasteiger partial charge in [-0.3, -0.25) is 4.79 Å². The molecule has 36 heavy (non-hydrogen) atoms. The molecule has 3 rings (SSSR count). The van der Waals surface area contributed by atoms with Crippen molar-refractivity contribution in [2.45, 2.75) is 26.7 Å². The number of esters is 1. The second-order valence-corrected chi connectivity index (χ2v) is 8.03. The maximum Gasteiger partial charge on any atom is 0.338 e. The number of hydrogen-bond donors (Lipinski definition) is 2. The first-order valence-electron chi connectivity index (χ1n) is 11.2. The quantitative estimate of drug-likeness (QED) is 0.473. The van der Waals surface area contributed by atoms with E-state index in [4.69, 9.17) is 36.3 Å². The lowest BCUT2D eigenvalue weighted by Crippen LogP contribution is -2.25. The summed E-state index contributed by atoms with van der Waals surface area (Å²) in [6, 6.07) is 13.6. The smallest absolute Gasteiger partial charge is 0.338 e. The van der Waals surface area contributed by atoms with Gasteiger partial charge in [-0.1, -0.05) is 17.7 Å². The van der Waals surface area contributed by atoms with Gasteiger partial charge < -0.3 is 30.0 Å². The molecule has 0 aromatic heterocycles.